The average molecular weight is 473 g/mol. The summed E-state index contributed by atoms with van der Waals surface area (Å²) < 4.78 is 0. The number of aliphatic hydroxyl groups excluding tert-OH is 2. The first-order valence-electron chi connectivity index (χ1n) is 12.0. The molecule has 0 rings (SSSR count). The van der Waals surface area contributed by atoms with Gasteiger partial charge in [0.1, 0.15) is 0 Å². The molecule has 0 radical (unpaired) electrons. The van der Waals surface area contributed by atoms with Crippen molar-refractivity contribution in [1.29, 1.82) is 0 Å². The van der Waals surface area contributed by atoms with E-state index in [1.165, 1.54) is 103 Å². The average Bonchev–Trinajstić information content (AvgIpc) is 2.69. The minimum atomic E-state index is -1.44. The second-order valence-electron chi connectivity index (χ2n) is 7.94. The van der Waals surface area contributed by atoms with Gasteiger partial charge in [-0.25, -0.2) is 0 Å². The third kappa shape index (κ3) is 44.6. The standard InChI is InChI=1S/C18H38.2C3H6O3.Ca/c1-3-5-7-9-11-13-15-17-18-16-14-12-10-8-6-4-2;2*1-2(4)3(5)6;/h3-18H2,1-2H3;2*2,4H,1H3,(H,5,6);/q;;;+2/p-2. The fraction of sp³-hybridized carbons (Fsp3) is 0.917. The summed E-state index contributed by atoms with van der Waals surface area (Å²) in [6, 6.07) is 0. The van der Waals surface area contributed by atoms with E-state index in [4.69, 9.17) is 10.2 Å². The largest absolute Gasteiger partial charge is 2.00 e. The van der Waals surface area contributed by atoms with E-state index < -0.39 is 24.1 Å². The van der Waals surface area contributed by atoms with Gasteiger partial charge in [0.15, 0.2) is 0 Å². The Labute approximate surface area is 221 Å². The molecular formula is C24H48CaO6. The van der Waals surface area contributed by atoms with E-state index in [0.29, 0.717) is 0 Å². The summed E-state index contributed by atoms with van der Waals surface area (Å²) in [6.45, 7) is 6.86. The number of carboxylic acids is 2. The fourth-order valence-corrected chi connectivity index (χ4v) is 2.62. The number of carbonyl (C=O) groups excluding carboxylic acids is 2. The molecule has 0 heterocycles. The van der Waals surface area contributed by atoms with Crippen molar-refractivity contribution in [2.24, 2.45) is 0 Å². The molecule has 0 aromatic carbocycles. The maximum atomic E-state index is 9.34. The van der Waals surface area contributed by atoms with Gasteiger partial charge in [0.25, 0.3) is 0 Å². The van der Waals surface area contributed by atoms with Gasteiger partial charge in [0, 0.05) is 0 Å². The number of unbranched alkanes of at least 4 members (excludes halogenated alkanes) is 15. The number of aliphatic hydroxyl groups is 2. The molecule has 182 valence electrons. The SMILES string of the molecule is CC(O)C(=O)[O-].CC(O)C(=O)[O-].CCCCCCCCCCCCCCCCCC.[Ca+2]. The van der Waals surface area contributed by atoms with Crippen molar-refractivity contribution in [3.63, 3.8) is 0 Å². The zero-order valence-corrected chi connectivity index (χ0v) is 22.9. The third-order valence-electron chi connectivity index (χ3n) is 4.64. The van der Waals surface area contributed by atoms with Gasteiger partial charge in [0.2, 0.25) is 0 Å². The van der Waals surface area contributed by atoms with Gasteiger partial charge < -0.3 is 30.0 Å². The Hall–Kier alpha value is 0.120. The molecule has 0 saturated heterocycles. The van der Waals surface area contributed by atoms with Crippen molar-refractivity contribution in [3.05, 3.63) is 0 Å². The van der Waals surface area contributed by atoms with Gasteiger partial charge in [-0.2, -0.15) is 0 Å². The maximum absolute atomic E-state index is 9.34. The Morgan fingerprint density at radius 3 is 0.774 bits per heavy atom. The number of hydrogen-bond acceptors (Lipinski definition) is 6. The number of aliphatic carboxylic acids is 2. The predicted octanol–water partition coefficient (Wildman–Crippen LogP) is 3.12. The van der Waals surface area contributed by atoms with E-state index >= 15 is 0 Å². The molecule has 0 saturated carbocycles. The maximum Gasteiger partial charge on any atom is 2.00 e. The smallest absolute Gasteiger partial charge is 0.547 e. The molecule has 0 fully saturated rings. The first-order valence-corrected chi connectivity index (χ1v) is 12.0. The summed E-state index contributed by atoms with van der Waals surface area (Å²) in [5.74, 6) is -2.87. The van der Waals surface area contributed by atoms with Gasteiger partial charge in [-0.3, -0.25) is 0 Å². The molecule has 0 amide bonds. The molecule has 7 heteroatoms. The van der Waals surface area contributed by atoms with Crippen LogP contribution in [0.15, 0.2) is 0 Å². The van der Waals surface area contributed by atoms with E-state index in [9.17, 15) is 19.8 Å². The second-order valence-corrected chi connectivity index (χ2v) is 7.94. The van der Waals surface area contributed by atoms with Crippen molar-refractivity contribution in [3.8, 4) is 0 Å². The topological polar surface area (TPSA) is 121 Å². The van der Waals surface area contributed by atoms with Crippen molar-refractivity contribution >= 4 is 49.7 Å². The summed E-state index contributed by atoms with van der Waals surface area (Å²) >= 11 is 0. The Kier molecular flexibility index (Phi) is 40.0. The van der Waals surface area contributed by atoms with E-state index in [1.54, 1.807) is 0 Å². The van der Waals surface area contributed by atoms with Gasteiger partial charge in [-0.05, 0) is 13.8 Å². The molecule has 0 aromatic heterocycles. The predicted molar refractivity (Wildman–Crippen MR) is 124 cm³/mol. The number of hydrogen-bond donors (Lipinski definition) is 2. The first kappa shape index (κ1) is 38.4. The zero-order valence-electron chi connectivity index (χ0n) is 20.7. The van der Waals surface area contributed by atoms with Crippen LogP contribution in [0.25, 0.3) is 0 Å². The Morgan fingerprint density at radius 1 is 0.548 bits per heavy atom. The molecule has 31 heavy (non-hydrogen) atoms. The van der Waals surface area contributed by atoms with E-state index in [1.807, 2.05) is 0 Å². The van der Waals surface area contributed by atoms with E-state index in [-0.39, 0.29) is 37.7 Å². The minimum Gasteiger partial charge on any atom is -0.547 e. The summed E-state index contributed by atoms with van der Waals surface area (Å²) in [5, 5.41) is 34.6. The monoisotopic (exact) mass is 472 g/mol. The van der Waals surface area contributed by atoms with Crippen LogP contribution in [0.3, 0.4) is 0 Å². The van der Waals surface area contributed by atoms with Crippen molar-refractivity contribution in [2.45, 2.75) is 143 Å². The molecule has 0 aliphatic heterocycles. The van der Waals surface area contributed by atoms with Crippen LogP contribution in [0, 0.1) is 0 Å². The minimum absolute atomic E-state index is 0. The van der Waals surface area contributed by atoms with Crippen LogP contribution in [-0.2, 0) is 9.59 Å². The van der Waals surface area contributed by atoms with Crippen LogP contribution in [0.5, 0.6) is 0 Å². The van der Waals surface area contributed by atoms with Gasteiger partial charge in [-0.1, -0.05) is 117 Å². The van der Waals surface area contributed by atoms with Crippen LogP contribution in [-0.4, -0.2) is 72.1 Å². The molecule has 2 N–H and O–H groups in total. The summed E-state index contributed by atoms with van der Waals surface area (Å²) in [5.41, 5.74) is 0. The Morgan fingerprint density at radius 2 is 0.677 bits per heavy atom. The number of carbonyl (C=O) groups is 2. The van der Waals surface area contributed by atoms with Crippen LogP contribution in [0.2, 0.25) is 0 Å². The molecule has 2 unspecified atom stereocenters. The number of rotatable bonds is 17. The molecule has 0 aliphatic carbocycles. The summed E-state index contributed by atoms with van der Waals surface area (Å²) in [6.07, 6.45) is 20.7. The molecule has 0 aromatic rings. The molecular weight excluding hydrogens is 424 g/mol. The van der Waals surface area contributed by atoms with Crippen LogP contribution in [0.4, 0.5) is 0 Å². The van der Waals surface area contributed by atoms with Crippen LogP contribution in [0.1, 0.15) is 130 Å². The Balaban J connectivity index is -0.000000231. The van der Waals surface area contributed by atoms with E-state index in [0.717, 1.165) is 13.8 Å². The summed E-state index contributed by atoms with van der Waals surface area (Å²) in [4.78, 5) is 18.7. The summed E-state index contributed by atoms with van der Waals surface area (Å²) in [7, 11) is 0. The zero-order chi connectivity index (χ0) is 23.6. The van der Waals surface area contributed by atoms with Crippen molar-refractivity contribution in [2.75, 3.05) is 0 Å². The second kappa shape index (κ2) is 32.3. The quantitative estimate of drug-likeness (QED) is 0.248. The molecule has 0 bridgehead atoms. The Bertz CT molecular complexity index is 328. The van der Waals surface area contributed by atoms with Gasteiger partial charge in [0.05, 0.1) is 24.1 Å². The van der Waals surface area contributed by atoms with Crippen molar-refractivity contribution < 1.29 is 30.0 Å². The van der Waals surface area contributed by atoms with Gasteiger partial charge >= 0.3 is 37.7 Å². The van der Waals surface area contributed by atoms with Crippen LogP contribution >= 0.6 is 0 Å². The molecule has 6 nitrogen and oxygen atoms in total. The number of carboxylic acid groups (broad SMARTS) is 2. The molecule has 0 spiro atoms. The first-order chi connectivity index (χ1) is 14.2. The normalized spacial score (nSPS) is 11.7. The van der Waals surface area contributed by atoms with E-state index in [2.05, 4.69) is 13.8 Å². The van der Waals surface area contributed by atoms with Gasteiger partial charge in [-0.15, -0.1) is 0 Å². The van der Waals surface area contributed by atoms with Crippen LogP contribution < -0.4 is 10.2 Å². The third-order valence-corrected chi connectivity index (χ3v) is 4.64. The molecule has 2 atom stereocenters. The molecule has 0 aliphatic rings. The fourth-order valence-electron chi connectivity index (χ4n) is 2.62. The van der Waals surface area contributed by atoms with Crippen molar-refractivity contribution in [1.82, 2.24) is 0 Å².